The molecule has 0 heterocycles. The normalized spacial score (nSPS) is 33.7. The Labute approximate surface area is 374 Å². The zero-order valence-electron chi connectivity index (χ0n) is 34.2. The molecule has 19 heteroatoms. The van der Waals surface area contributed by atoms with Crippen molar-refractivity contribution in [2.24, 2.45) is 11.8 Å². The maximum atomic E-state index is 13.1. The van der Waals surface area contributed by atoms with E-state index in [-0.39, 0.29) is 5.92 Å². The van der Waals surface area contributed by atoms with Gasteiger partial charge >= 0.3 is 32.1 Å². The number of aliphatic hydroxyl groups is 3. The third-order valence-electron chi connectivity index (χ3n) is 12.4. The fourth-order valence-corrected chi connectivity index (χ4v) is 14.6. The molecule has 8 saturated carbocycles. The van der Waals surface area contributed by atoms with E-state index in [9.17, 15) is 33.6 Å². The predicted molar refractivity (Wildman–Crippen MR) is 233 cm³/mol. The lowest BCUT2D eigenvalue weighted by molar-refractivity contribution is -0.253. The summed E-state index contributed by atoms with van der Waals surface area (Å²) >= 11 is 5.10. The first-order valence-electron chi connectivity index (χ1n) is 20.7. The van der Waals surface area contributed by atoms with E-state index in [4.69, 9.17) is 38.4 Å². The Morgan fingerprint density at radius 1 is 0.397 bits per heavy atom. The first-order chi connectivity index (χ1) is 30.0. The van der Waals surface area contributed by atoms with Crippen LogP contribution in [0.1, 0.15) is 77.0 Å². The SMILES string of the molecule is O=[P+](Cl)Oc1ccccc1.O=[P+](Oc1ccccc1)OC12CC3CC(O[P+](=O)Oc4ccccc4)(C1)CC(O[P+](=O)Oc1ccccc1)(C3)C2.OC12CC3CC(O)(C1)CC(O)(C3)C2. The van der Waals surface area contributed by atoms with E-state index >= 15 is 0 Å². The monoisotopic (exact) mass is 960 g/mol. The van der Waals surface area contributed by atoms with Gasteiger partial charge in [-0.1, -0.05) is 72.8 Å². The van der Waals surface area contributed by atoms with Gasteiger partial charge in [-0.05, 0) is 98.9 Å². The zero-order valence-corrected chi connectivity index (χ0v) is 38.5. The van der Waals surface area contributed by atoms with Gasteiger partial charge in [0.25, 0.3) is 11.2 Å². The minimum atomic E-state index is -2.55. The van der Waals surface area contributed by atoms with Crippen LogP contribution in [0.3, 0.4) is 0 Å². The average Bonchev–Trinajstić information content (AvgIpc) is 3.16. The number of rotatable bonds is 14. The smallest absolute Gasteiger partial charge is 0.390 e. The summed E-state index contributed by atoms with van der Waals surface area (Å²) in [6.07, 6.45) is 6.46. The van der Waals surface area contributed by atoms with Crippen molar-refractivity contribution in [3.63, 3.8) is 0 Å². The van der Waals surface area contributed by atoms with Crippen molar-refractivity contribution in [1.82, 2.24) is 0 Å². The van der Waals surface area contributed by atoms with Crippen molar-refractivity contribution >= 4 is 43.4 Å². The molecule has 8 bridgehead atoms. The second-order valence-electron chi connectivity index (χ2n) is 18.0. The van der Waals surface area contributed by atoms with Gasteiger partial charge in [0.15, 0.2) is 23.0 Å². The van der Waals surface area contributed by atoms with Crippen LogP contribution in [-0.2, 0) is 31.8 Å². The number of hydrogen-bond acceptors (Lipinski definition) is 14. The highest BCUT2D eigenvalue weighted by molar-refractivity contribution is 7.70. The highest BCUT2D eigenvalue weighted by Gasteiger charge is 2.73. The summed E-state index contributed by atoms with van der Waals surface area (Å²) in [5, 5.41) is 30.3. The second kappa shape index (κ2) is 18.8. The maximum absolute atomic E-state index is 13.1. The van der Waals surface area contributed by atoms with Crippen molar-refractivity contribution in [2.75, 3.05) is 0 Å². The van der Waals surface area contributed by atoms with E-state index in [1.165, 1.54) is 0 Å². The average molecular weight is 961 g/mol. The number of para-hydroxylation sites is 4. The molecule has 0 aromatic heterocycles. The standard InChI is InChI=1S/C28H28O9P3.C10H16O3.C6H5ClO2P/c29-38(32-23-10-4-1-5-11-23)35-26-16-22-17-27(19-26,36-39(30)33-24-12-6-2-7-13-24)21-28(18-22,20-26)37-40(31)34-25-14-8-3-9-15-25;11-8-1-7-2-9(12,4-8)6-10(13,3-7)5-8;7-10(8)9-6-4-2-1-3-5-6/h1-15,22H,16-21H2;7,11-13H,1-6H2;1-5H/q+3;;+1. The highest BCUT2D eigenvalue weighted by Crippen LogP contribution is 2.67. The van der Waals surface area contributed by atoms with Crippen LogP contribution >= 0.6 is 43.4 Å². The Balaban J connectivity index is 0.000000190. The van der Waals surface area contributed by atoms with E-state index < -0.39 is 65.8 Å². The summed E-state index contributed by atoms with van der Waals surface area (Å²) in [5.41, 5.74) is -5.22. The molecule has 4 atom stereocenters. The van der Waals surface area contributed by atoms with Crippen molar-refractivity contribution in [1.29, 1.82) is 0 Å². The largest absolute Gasteiger partial charge is 0.750 e. The maximum Gasteiger partial charge on any atom is 0.750 e. The molecule has 14 nitrogen and oxygen atoms in total. The lowest BCUT2D eigenvalue weighted by Crippen LogP contribution is -2.67. The second-order valence-corrected chi connectivity index (χ2v) is 21.9. The molecule has 0 radical (unpaired) electrons. The highest BCUT2D eigenvalue weighted by atomic mass is 35.7. The predicted octanol–water partition coefficient (Wildman–Crippen LogP) is 11.6. The van der Waals surface area contributed by atoms with Crippen LogP contribution in [0.5, 0.6) is 23.0 Å². The molecule has 332 valence electrons. The molecule has 0 spiro atoms. The lowest BCUT2D eigenvalue weighted by atomic mass is 9.50. The molecule has 8 fully saturated rings. The van der Waals surface area contributed by atoms with Gasteiger partial charge in [-0.15, -0.1) is 13.6 Å². The Morgan fingerprint density at radius 3 is 0.905 bits per heavy atom. The van der Waals surface area contributed by atoms with Crippen molar-refractivity contribution in [3.8, 4) is 23.0 Å². The van der Waals surface area contributed by atoms with Gasteiger partial charge in [0.2, 0.25) is 0 Å². The van der Waals surface area contributed by atoms with Crippen LogP contribution in [0, 0.1) is 11.8 Å². The first kappa shape index (κ1) is 46.1. The van der Waals surface area contributed by atoms with Gasteiger partial charge in [0.05, 0.1) is 16.8 Å². The third kappa shape index (κ3) is 11.9. The van der Waals surface area contributed by atoms with Gasteiger partial charge in [0, 0.05) is 56.8 Å². The minimum Gasteiger partial charge on any atom is -0.390 e. The Kier molecular flexibility index (Phi) is 13.7. The van der Waals surface area contributed by atoms with Crippen LogP contribution in [-0.4, -0.2) is 48.9 Å². The molecular weight excluding hydrogens is 912 g/mol. The van der Waals surface area contributed by atoms with Gasteiger partial charge < -0.3 is 15.3 Å². The van der Waals surface area contributed by atoms with E-state index in [0.29, 0.717) is 86.7 Å². The molecule has 0 amide bonds. The Morgan fingerprint density at radius 2 is 0.651 bits per heavy atom. The van der Waals surface area contributed by atoms with Crippen LogP contribution < -0.4 is 18.1 Å². The minimum absolute atomic E-state index is 0.0247. The Hall–Kier alpha value is -3.47. The summed E-state index contributed by atoms with van der Waals surface area (Å²) in [6.45, 7) is 0. The molecule has 63 heavy (non-hydrogen) atoms. The van der Waals surface area contributed by atoms with Gasteiger partial charge in [-0.2, -0.15) is 0 Å². The molecule has 4 aromatic rings. The molecule has 0 aliphatic heterocycles. The van der Waals surface area contributed by atoms with Crippen LogP contribution in [0.15, 0.2) is 121 Å². The summed E-state index contributed by atoms with van der Waals surface area (Å²) in [4.78, 5) is 0. The molecule has 8 aliphatic rings. The Bertz CT molecular complexity index is 2050. The molecule has 8 aliphatic carbocycles. The topological polar surface area (TPSA) is 194 Å². The summed E-state index contributed by atoms with van der Waals surface area (Å²) in [6, 6.07) is 35.1. The van der Waals surface area contributed by atoms with E-state index in [0.717, 1.165) is 19.3 Å². The summed E-state index contributed by atoms with van der Waals surface area (Å²) in [5.74, 6) is 2.14. The van der Waals surface area contributed by atoms with Gasteiger partial charge in [-0.3, -0.25) is 0 Å². The molecule has 12 rings (SSSR count). The van der Waals surface area contributed by atoms with Crippen molar-refractivity contribution in [2.45, 2.75) is 111 Å². The van der Waals surface area contributed by atoms with Crippen LogP contribution in [0.4, 0.5) is 0 Å². The number of hydrogen-bond donors (Lipinski definition) is 3. The van der Waals surface area contributed by atoms with Gasteiger partial charge in [-0.25, -0.2) is 18.1 Å². The van der Waals surface area contributed by atoms with Crippen molar-refractivity contribution in [3.05, 3.63) is 121 Å². The van der Waals surface area contributed by atoms with E-state index in [1.54, 1.807) is 97.1 Å². The summed E-state index contributed by atoms with van der Waals surface area (Å²) < 4.78 is 89.5. The first-order valence-corrected chi connectivity index (χ1v) is 26.1. The van der Waals surface area contributed by atoms with Crippen LogP contribution in [0.25, 0.3) is 0 Å². The molecule has 3 N–H and O–H groups in total. The zero-order chi connectivity index (χ0) is 44.4. The third-order valence-corrected chi connectivity index (χ3v) is 15.6. The molecule has 4 aromatic carbocycles. The number of benzene rings is 4. The van der Waals surface area contributed by atoms with Gasteiger partial charge in [0.1, 0.15) is 16.8 Å². The molecular formula is C44H49ClO14P4+4. The summed E-state index contributed by atoms with van der Waals surface area (Å²) in [7, 11) is -9.71. The molecule has 0 saturated heterocycles. The fraction of sp³-hybridized carbons (Fsp3) is 0.455. The molecule has 4 unspecified atom stereocenters. The van der Waals surface area contributed by atoms with Crippen LogP contribution in [0.2, 0.25) is 0 Å². The lowest BCUT2D eigenvalue weighted by Gasteiger charge is -2.61. The quantitative estimate of drug-likeness (QED) is 0.101. The van der Waals surface area contributed by atoms with E-state index in [1.807, 2.05) is 24.3 Å². The van der Waals surface area contributed by atoms with E-state index in [2.05, 4.69) is 4.52 Å². The van der Waals surface area contributed by atoms with Crippen molar-refractivity contribution < 1.29 is 65.2 Å². The fourth-order valence-electron chi connectivity index (χ4n) is 11.6. The number of halogens is 1.